The number of likely N-dealkylation sites (N-methyl/N-ethyl adjacent to an activating group) is 1. The summed E-state index contributed by atoms with van der Waals surface area (Å²) in [5, 5.41) is 35.5. The minimum absolute atomic E-state index is 0.0392. The number of methoxy groups -OCH3 is 1. The van der Waals surface area contributed by atoms with Crippen molar-refractivity contribution in [2.24, 2.45) is 34.5 Å². The van der Waals surface area contributed by atoms with E-state index >= 15 is 0 Å². The molecule has 0 amide bonds. The highest BCUT2D eigenvalue weighted by atomic mass is 16.7. The van der Waals surface area contributed by atoms with Gasteiger partial charge in [-0.25, -0.2) is 0 Å². The van der Waals surface area contributed by atoms with Gasteiger partial charge in [0.05, 0.1) is 30.5 Å². The van der Waals surface area contributed by atoms with Gasteiger partial charge in [-0.3, -0.25) is 4.90 Å². The summed E-state index contributed by atoms with van der Waals surface area (Å²) in [6.07, 6.45) is 1.27. The smallest absolute Gasteiger partial charge is 0.148 e. The van der Waals surface area contributed by atoms with Gasteiger partial charge in [0.25, 0.3) is 0 Å². The molecule has 30 heavy (non-hydrogen) atoms. The van der Waals surface area contributed by atoms with Crippen LogP contribution in [0.3, 0.4) is 0 Å². The van der Waals surface area contributed by atoms with Crippen molar-refractivity contribution in [2.45, 2.75) is 81.2 Å². The molecule has 13 atom stereocenters. The van der Waals surface area contributed by atoms with E-state index in [-0.39, 0.29) is 48.0 Å². The molecule has 7 nitrogen and oxygen atoms in total. The first kappa shape index (κ1) is 19.2. The molecule has 0 aromatic rings. The van der Waals surface area contributed by atoms with E-state index in [1.807, 2.05) is 0 Å². The Bertz CT molecular complexity index is 796. The van der Waals surface area contributed by atoms with Gasteiger partial charge in [0.2, 0.25) is 0 Å². The zero-order valence-electron chi connectivity index (χ0n) is 18.2. The van der Waals surface area contributed by atoms with Crippen LogP contribution in [0.5, 0.6) is 0 Å². The fraction of sp³-hybridized carbons (Fsp3) is 1.00. The van der Waals surface area contributed by atoms with Gasteiger partial charge in [0.1, 0.15) is 18.0 Å². The number of hydrogen-bond acceptors (Lipinski definition) is 7. The Morgan fingerprint density at radius 2 is 2.00 bits per heavy atom. The summed E-state index contributed by atoms with van der Waals surface area (Å²) in [6.45, 7) is 6.40. The molecule has 2 saturated heterocycles. The molecule has 7 aliphatic rings. The van der Waals surface area contributed by atoms with Crippen molar-refractivity contribution in [3.05, 3.63) is 0 Å². The van der Waals surface area contributed by atoms with Crippen LogP contribution in [-0.4, -0.2) is 88.9 Å². The second-order valence-electron chi connectivity index (χ2n) is 11.7. The summed E-state index contributed by atoms with van der Waals surface area (Å²) in [6, 6.07) is -0.0938. The Morgan fingerprint density at radius 3 is 2.73 bits per heavy atom. The lowest BCUT2D eigenvalue weighted by Gasteiger charge is -2.69. The molecule has 0 radical (unpaired) electrons. The van der Waals surface area contributed by atoms with Crippen LogP contribution in [0.25, 0.3) is 0 Å². The van der Waals surface area contributed by atoms with Crippen LogP contribution in [0.15, 0.2) is 0 Å². The molecule has 3 N–H and O–H groups in total. The second-order valence-corrected chi connectivity index (χ2v) is 11.7. The molecular formula is C23H35NO6. The van der Waals surface area contributed by atoms with E-state index in [4.69, 9.17) is 14.2 Å². The molecule has 2 aliphatic heterocycles. The Kier molecular flexibility index (Phi) is 3.48. The van der Waals surface area contributed by atoms with Crippen LogP contribution in [-0.2, 0) is 14.2 Å². The van der Waals surface area contributed by atoms with Crippen LogP contribution in [0.4, 0.5) is 0 Å². The summed E-state index contributed by atoms with van der Waals surface area (Å²) in [4.78, 5) is 2.49. The summed E-state index contributed by atoms with van der Waals surface area (Å²) in [5.41, 5.74) is -2.24. The molecule has 5 saturated carbocycles. The topological polar surface area (TPSA) is 91.6 Å². The van der Waals surface area contributed by atoms with E-state index < -0.39 is 34.9 Å². The van der Waals surface area contributed by atoms with Gasteiger partial charge in [-0.15, -0.1) is 0 Å². The van der Waals surface area contributed by atoms with Crippen molar-refractivity contribution in [2.75, 3.05) is 27.0 Å². The highest BCUT2D eigenvalue weighted by molar-refractivity contribution is 5.42. The lowest BCUT2D eigenvalue weighted by Crippen LogP contribution is -2.80. The van der Waals surface area contributed by atoms with E-state index in [1.165, 1.54) is 0 Å². The SMILES string of the molecule is CCN1C[C@@]2(C)CC[C@H](O)[C@@]34[C@@H]5C[C@H]6[C@@H](O)[C@@H]5[C@@]5(C[C@@H]6OC)OCO[C@]5([C@H]13)[C@@H](O)[C@@H]24. The van der Waals surface area contributed by atoms with Crippen molar-refractivity contribution >= 4 is 0 Å². The third-order valence-corrected chi connectivity index (χ3v) is 11.3. The number of hydrogen-bond donors (Lipinski definition) is 3. The van der Waals surface area contributed by atoms with Crippen molar-refractivity contribution in [1.82, 2.24) is 4.90 Å². The summed E-state index contributed by atoms with van der Waals surface area (Å²) in [5.74, 6) is -0.00805. The Labute approximate surface area is 177 Å². The molecule has 0 unspecified atom stereocenters. The number of aliphatic hydroxyl groups excluding tert-OH is 3. The lowest BCUT2D eigenvalue weighted by molar-refractivity contribution is -0.278. The fourth-order valence-electron chi connectivity index (χ4n) is 10.9. The normalized spacial score (nSPS) is 67.6. The number of likely N-dealkylation sites (tertiary alicyclic amines) is 1. The number of fused-ring (bicyclic) bond motifs is 1. The van der Waals surface area contributed by atoms with Crippen LogP contribution in [0.1, 0.15) is 39.5 Å². The van der Waals surface area contributed by atoms with E-state index in [9.17, 15) is 15.3 Å². The number of rotatable bonds is 2. The number of ether oxygens (including phenoxy) is 3. The van der Waals surface area contributed by atoms with Crippen molar-refractivity contribution in [1.29, 1.82) is 0 Å². The largest absolute Gasteiger partial charge is 0.392 e. The van der Waals surface area contributed by atoms with Gasteiger partial charge in [-0.1, -0.05) is 13.8 Å². The predicted molar refractivity (Wildman–Crippen MR) is 105 cm³/mol. The third kappa shape index (κ3) is 1.56. The third-order valence-electron chi connectivity index (χ3n) is 11.3. The first-order chi connectivity index (χ1) is 14.3. The van der Waals surface area contributed by atoms with Crippen LogP contribution >= 0.6 is 0 Å². The average Bonchev–Trinajstić information content (AvgIpc) is 3.27. The molecule has 7 heteroatoms. The number of nitrogens with zero attached hydrogens (tertiary/aromatic N) is 1. The van der Waals surface area contributed by atoms with Gasteiger partial charge >= 0.3 is 0 Å². The number of aliphatic hydroxyl groups is 3. The fourth-order valence-corrected chi connectivity index (χ4v) is 10.9. The monoisotopic (exact) mass is 421 g/mol. The maximum absolute atomic E-state index is 12.2. The summed E-state index contributed by atoms with van der Waals surface area (Å²) < 4.78 is 19.0. The van der Waals surface area contributed by atoms with Crippen LogP contribution in [0, 0.1) is 34.5 Å². The Hall–Kier alpha value is -0.280. The van der Waals surface area contributed by atoms with Crippen LogP contribution < -0.4 is 0 Å². The summed E-state index contributed by atoms with van der Waals surface area (Å²) in [7, 11) is 1.72. The molecule has 0 aromatic carbocycles. The standard InChI is InChI=1S/C23H35NO6/c1-4-24-9-20(2)6-5-14(25)22-12-7-11-13(28-3)8-21(15(12)16(11)26)23(19(22)24,30-10-29-21)18(27)17(20)22/h11-19,25-27H,4-10H2,1-3H3/t11-,12-,13+,14+,15-,16-,17+,18+,19-,20-,21-,22-,23+/m1/s1. The molecule has 7 fully saturated rings. The first-order valence-electron chi connectivity index (χ1n) is 11.9. The van der Waals surface area contributed by atoms with E-state index in [2.05, 4.69) is 18.7 Å². The Balaban J connectivity index is 1.57. The molecule has 0 aromatic heterocycles. The highest BCUT2D eigenvalue weighted by Gasteiger charge is 2.92. The zero-order valence-corrected chi connectivity index (χ0v) is 18.2. The van der Waals surface area contributed by atoms with Crippen LogP contribution in [0.2, 0.25) is 0 Å². The molecule has 5 aliphatic carbocycles. The summed E-state index contributed by atoms with van der Waals surface area (Å²) >= 11 is 0. The average molecular weight is 422 g/mol. The molecular weight excluding hydrogens is 386 g/mol. The molecule has 7 rings (SSSR count). The quantitative estimate of drug-likeness (QED) is 0.593. The second kappa shape index (κ2) is 5.44. The van der Waals surface area contributed by atoms with Crippen molar-refractivity contribution in [3.63, 3.8) is 0 Å². The van der Waals surface area contributed by atoms with Gasteiger partial charge < -0.3 is 29.5 Å². The van der Waals surface area contributed by atoms with E-state index in [1.54, 1.807) is 7.11 Å². The van der Waals surface area contributed by atoms with Gasteiger partial charge in [-0.05, 0) is 37.1 Å². The minimum Gasteiger partial charge on any atom is -0.392 e. The minimum atomic E-state index is -0.926. The maximum atomic E-state index is 12.2. The molecule has 7 bridgehead atoms. The lowest BCUT2D eigenvalue weighted by atomic mass is 9.43. The maximum Gasteiger partial charge on any atom is 0.148 e. The first-order valence-corrected chi connectivity index (χ1v) is 11.9. The Morgan fingerprint density at radius 1 is 1.20 bits per heavy atom. The zero-order chi connectivity index (χ0) is 20.8. The predicted octanol–water partition coefficient (Wildman–Crippen LogP) is 0.356. The van der Waals surface area contributed by atoms with E-state index in [0.29, 0.717) is 6.42 Å². The molecule has 3 spiro atoms. The highest BCUT2D eigenvalue weighted by Crippen LogP contribution is 2.81. The van der Waals surface area contributed by atoms with Crippen molar-refractivity contribution < 1.29 is 29.5 Å². The molecule has 168 valence electrons. The van der Waals surface area contributed by atoms with Gasteiger partial charge in [0.15, 0.2) is 0 Å². The van der Waals surface area contributed by atoms with Gasteiger partial charge in [0, 0.05) is 43.2 Å². The van der Waals surface area contributed by atoms with E-state index in [0.717, 1.165) is 32.4 Å². The number of piperidine rings is 1. The molecule has 2 heterocycles. The van der Waals surface area contributed by atoms with Crippen molar-refractivity contribution in [3.8, 4) is 0 Å². The van der Waals surface area contributed by atoms with Gasteiger partial charge in [-0.2, -0.15) is 0 Å².